The van der Waals surface area contributed by atoms with Gasteiger partial charge in [0.25, 0.3) is 0 Å². The Morgan fingerprint density at radius 3 is 2.91 bits per heavy atom. The molecule has 0 amide bonds. The minimum Gasteiger partial charge on any atom is -0.463 e. The molecule has 22 heavy (non-hydrogen) atoms. The van der Waals surface area contributed by atoms with Crippen LogP contribution in [0, 0.1) is 0 Å². The molecule has 0 aliphatic heterocycles. The van der Waals surface area contributed by atoms with E-state index in [1.165, 1.54) is 0 Å². The van der Waals surface area contributed by atoms with Gasteiger partial charge in [-0.15, -0.1) is 0 Å². The second-order valence-corrected chi connectivity index (χ2v) is 4.94. The first-order chi connectivity index (χ1) is 10.6. The predicted octanol–water partition coefficient (Wildman–Crippen LogP) is 2.87. The van der Waals surface area contributed by atoms with Crippen molar-refractivity contribution >= 4 is 27.8 Å². The summed E-state index contributed by atoms with van der Waals surface area (Å²) in [6, 6.07) is 9.69. The first kappa shape index (κ1) is 14.3. The molecule has 2 heterocycles. The molecule has 2 N–H and O–H groups in total. The van der Waals surface area contributed by atoms with Gasteiger partial charge in [0.15, 0.2) is 0 Å². The van der Waals surface area contributed by atoms with E-state index in [4.69, 9.17) is 4.74 Å². The average molecular weight is 296 g/mol. The second kappa shape index (κ2) is 5.61. The van der Waals surface area contributed by atoms with Gasteiger partial charge in [-0.25, -0.2) is 4.79 Å². The fourth-order valence-corrected chi connectivity index (χ4v) is 2.50. The van der Waals surface area contributed by atoms with Gasteiger partial charge in [-0.1, -0.05) is 24.8 Å². The maximum Gasteiger partial charge on any atom is 0.336 e. The molecule has 3 rings (SSSR count). The summed E-state index contributed by atoms with van der Waals surface area (Å²) in [5, 5.41) is 12.4. The van der Waals surface area contributed by atoms with E-state index in [1.807, 2.05) is 30.3 Å². The molecule has 5 nitrogen and oxygen atoms in total. The van der Waals surface area contributed by atoms with Gasteiger partial charge in [-0.05, 0) is 19.1 Å². The number of ether oxygens (including phenoxy) is 1. The van der Waals surface area contributed by atoms with Crippen LogP contribution in [0.15, 0.2) is 48.7 Å². The van der Waals surface area contributed by atoms with Gasteiger partial charge in [0, 0.05) is 22.5 Å². The van der Waals surface area contributed by atoms with Crippen molar-refractivity contribution in [3.05, 3.63) is 54.4 Å². The number of nitrogens with one attached hydrogen (secondary N) is 1. The quantitative estimate of drug-likeness (QED) is 0.573. The molecule has 0 aliphatic rings. The van der Waals surface area contributed by atoms with E-state index >= 15 is 0 Å². The van der Waals surface area contributed by atoms with E-state index in [1.54, 1.807) is 13.1 Å². The Labute approximate surface area is 127 Å². The Morgan fingerprint density at radius 2 is 2.14 bits per heavy atom. The fourth-order valence-electron chi connectivity index (χ4n) is 2.50. The lowest BCUT2D eigenvalue weighted by molar-refractivity contribution is -0.139. The molecular formula is C17H16N2O3. The molecule has 1 atom stereocenters. The number of hydrogen-bond acceptors (Lipinski definition) is 4. The van der Waals surface area contributed by atoms with Crippen LogP contribution in [0.3, 0.4) is 0 Å². The molecule has 0 aliphatic carbocycles. The Bertz CT molecular complexity index is 867. The number of para-hydroxylation sites is 1. The van der Waals surface area contributed by atoms with Crippen LogP contribution in [0.5, 0.6) is 0 Å². The van der Waals surface area contributed by atoms with E-state index in [0.717, 1.165) is 16.3 Å². The monoisotopic (exact) mass is 296 g/mol. The summed E-state index contributed by atoms with van der Waals surface area (Å²) in [7, 11) is 0. The number of hydrogen-bond donors (Lipinski definition) is 2. The molecular weight excluding hydrogens is 280 g/mol. The standard InChI is InChI=1S/C17H16N2O3/c1-3-22-17(21)10(2)16(20)15-14-12(8-9-18-15)11-6-4-5-7-13(11)19-14/h4-9,16,19-20H,2-3H2,1H3. The Balaban J connectivity index is 2.11. The number of aliphatic hydroxyl groups is 1. The van der Waals surface area contributed by atoms with Crippen molar-refractivity contribution < 1.29 is 14.6 Å². The number of carbonyl (C=O) groups excluding carboxylic acids is 1. The first-order valence-electron chi connectivity index (χ1n) is 7.02. The van der Waals surface area contributed by atoms with Crippen LogP contribution >= 0.6 is 0 Å². The van der Waals surface area contributed by atoms with Gasteiger partial charge in [0.2, 0.25) is 0 Å². The normalized spacial score (nSPS) is 12.5. The molecule has 3 aromatic rings. The third-order valence-corrected chi connectivity index (χ3v) is 3.58. The van der Waals surface area contributed by atoms with Crippen molar-refractivity contribution in [2.45, 2.75) is 13.0 Å². The third-order valence-electron chi connectivity index (χ3n) is 3.58. The molecule has 0 spiro atoms. The molecule has 2 aromatic heterocycles. The average Bonchev–Trinajstić information content (AvgIpc) is 2.92. The first-order valence-corrected chi connectivity index (χ1v) is 7.02. The largest absolute Gasteiger partial charge is 0.463 e. The SMILES string of the molecule is C=C(C(=O)OCC)C(O)c1nccc2c1[nH]c1ccccc12. The molecule has 0 saturated carbocycles. The van der Waals surface area contributed by atoms with E-state index in [2.05, 4.69) is 16.5 Å². The van der Waals surface area contributed by atoms with Gasteiger partial charge < -0.3 is 14.8 Å². The highest BCUT2D eigenvalue weighted by atomic mass is 16.5. The molecule has 0 saturated heterocycles. The smallest absolute Gasteiger partial charge is 0.336 e. The molecule has 112 valence electrons. The number of fused-ring (bicyclic) bond motifs is 3. The number of carbonyl (C=O) groups is 1. The maximum absolute atomic E-state index is 11.7. The highest BCUT2D eigenvalue weighted by Crippen LogP contribution is 2.31. The lowest BCUT2D eigenvalue weighted by atomic mass is 10.1. The van der Waals surface area contributed by atoms with E-state index in [-0.39, 0.29) is 12.2 Å². The summed E-state index contributed by atoms with van der Waals surface area (Å²) in [6.45, 7) is 5.57. The van der Waals surface area contributed by atoms with E-state index < -0.39 is 12.1 Å². The number of rotatable bonds is 4. The van der Waals surface area contributed by atoms with Gasteiger partial charge in [0.1, 0.15) is 6.10 Å². The number of benzene rings is 1. The number of esters is 1. The van der Waals surface area contributed by atoms with E-state index in [9.17, 15) is 9.90 Å². The number of aliphatic hydroxyl groups excluding tert-OH is 1. The summed E-state index contributed by atoms with van der Waals surface area (Å²) in [4.78, 5) is 19.2. The zero-order chi connectivity index (χ0) is 15.7. The van der Waals surface area contributed by atoms with Gasteiger partial charge in [0.05, 0.1) is 23.4 Å². The van der Waals surface area contributed by atoms with Crippen LogP contribution in [-0.4, -0.2) is 27.7 Å². The zero-order valence-electron chi connectivity index (χ0n) is 12.2. The summed E-state index contributed by atoms with van der Waals surface area (Å²) >= 11 is 0. The fraction of sp³-hybridized carbons (Fsp3) is 0.176. The lowest BCUT2D eigenvalue weighted by Crippen LogP contribution is -2.14. The second-order valence-electron chi connectivity index (χ2n) is 4.94. The van der Waals surface area contributed by atoms with Crippen LogP contribution < -0.4 is 0 Å². The van der Waals surface area contributed by atoms with Crippen molar-refractivity contribution in [2.24, 2.45) is 0 Å². The van der Waals surface area contributed by atoms with Gasteiger partial charge in [-0.3, -0.25) is 4.98 Å². The van der Waals surface area contributed by atoms with Crippen LogP contribution in [-0.2, 0) is 9.53 Å². The third kappa shape index (κ3) is 2.25. The number of pyridine rings is 1. The van der Waals surface area contributed by atoms with Crippen molar-refractivity contribution in [3.63, 3.8) is 0 Å². The molecule has 1 unspecified atom stereocenters. The molecule has 0 radical (unpaired) electrons. The number of H-pyrrole nitrogens is 1. The maximum atomic E-state index is 11.7. The summed E-state index contributed by atoms with van der Waals surface area (Å²) < 4.78 is 4.88. The topological polar surface area (TPSA) is 75.2 Å². The van der Waals surface area contributed by atoms with Gasteiger partial charge >= 0.3 is 5.97 Å². The van der Waals surface area contributed by atoms with Crippen molar-refractivity contribution in [1.29, 1.82) is 0 Å². The van der Waals surface area contributed by atoms with Crippen molar-refractivity contribution in [3.8, 4) is 0 Å². The number of nitrogens with zero attached hydrogens (tertiary/aromatic N) is 1. The summed E-state index contributed by atoms with van der Waals surface area (Å²) in [6.07, 6.45) is 0.399. The molecule has 5 heteroatoms. The highest BCUT2D eigenvalue weighted by molar-refractivity contribution is 6.08. The molecule has 1 aromatic carbocycles. The van der Waals surface area contributed by atoms with Crippen LogP contribution in [0.2, 0.25) is 0 Å². The summed E-state index contributed by atoms with van der Waals surface area (Å²) in [5.74, 6) is -0.620. The number of aromatic amines is 1. The van der Waals surface area contributed by atoms with Crippen molar-refractivity contribution in [1.82, 2.24) is 9.97 Å². The van der Waals surface area contributed by atoms with Crippen LogP contribution in [0.4, 0.5) is 0 Å². The van der Waals surface area contributed by atoms with Crippen LogP contribution in [0.25, 0.3) is 21.8 Å². The Hall–Kier alpha value is -2.66. The summed E-state index contributed by atoms with van der Waals surface area (Å²) in [5.41, 5.74) is 1.98. The zero-order valence-corrected chi connectivity index (χ0v) is 12.2. The van der Waals surface area contributed by atoms with Gasteiger partial charge in [-0.2, -0.15) is 0 Å². The van der Waals surface area contributed by atoms with Crippen molar-refractivity contribution in [2.75, 3.05) is 6.61 Å². The minimum atomic E-state index is -1.21. The lowest BCUT2D eigenvalue weighted by Gasteiger charge is -2.13. The number of aromatic nitrogens is 2. The Kier molecular flexibility index (Phi) is 3.65. The minimum absolute atomic E-state index is 0.0273. The highest BCUT2D eigenvalue weighted by Gasteiger charge is 2.23. The molecule has 0 bridgehead atoms. The molecule has 0 fully saturated rings. The van der Waals surface area contributed by atoms with Crippen LogP contribution in [0.1, 0.15) is 18.7 Å². The Morgan fingerprint density at radius 1 is 1.36 bits per heavy atom. The van der Waals surface area contributed by atoms with E-state index in [0.29, 0.717) is 11.2 Å². The predicted molar refractivity (Wildman–Crippen MR) is 84.3 cm³/mol.